The minimum absolute atomic E-state index is 0.0170. The maximum absolute atomic E-state index is 12.7. The number of hydrogen-bond donors (Lipinski definition) is 1. The summed E-state index contributed by atoms with van der Waals surface area (Å²) in [5.74, 6) is 0.333. The molecule has 1 saturated heterocycles. The molecule has 24 heavy (non-hydrogen) atoms. The second-order valence-electron chi connectivity index (χ2n) is 6.28. The zero-order valence-electron chi connectivity index (χ0n) is 13.5. The van der Waals surface area contributed by atoms with Crippen LogP contribution in [-0.4, -0.2) is 39.7 Å². The highest BCUT2D eigenvalue weighted by Gasteiger charge is 2.27. The molecule has 3 rings (SSSR count). The van der Waals surface area contributed by atoms with E-state index in [0.717, 1.165) is 19.4 Å². The molecule has 128 valence electrons. The van der Waals surface area contributed by atoms with Gasteiger partial charge in [0.15, 0.2) is 0 Å². The number of carbonyl (C=O) groups is 1. The van der Waals surface area contributed by atoms with Gasteiger partial charge in [-0.15, -0.1) is 0 Å². The van der Waals surface area contributed by atoms with Crippen LogP contribution in [0.4, 0.5) is 0 Å². The first kappa shape index (κ1) is 17.3. The smallest absolute Gasteiger partial charge is 0.257 e. The van der Waals surface area contributed by atoms with Gasteiger partial charge >= 0.3 is 0 Å². The standard InChI is InChI=1S/C17H20Cl2N4O/c1-11(20)12-3-2-6-22(9-12)17(24)13-8-21-23(10-13)16-5-4-14(18)7-15(16)19/h4-5,7-8,10-12H,2-3,6,9,20H2,1H3. The number of hydrogen-bond acceptors (Lipinski definition) is 3. The van der Waals surface area contributed by atoms with E-state index in [2.05, 4.69) is 5.10 Å². The van der Waals surface area contributed by atoms with Gasteiger partial charge in [-0.25, -0.2) is 4.68 Å². The molecule has 1 aromatic heterocycles. The molecule has 0 radical (unpaired) electrons. The molecule has 2 atom stereocenters. The van der Waals surface area contributed by atoms with Crippen LogP contribution in [0.1, 0.15) is 30.1 Å². The van der Waals surface area contributed by atoms with E-state index in [1.165, 1.54) is 0 Å². The van der Waals surface area contributed by atoms with E-state index in [0.29, 0.717) is 33.8 Å². The van der Waals surface area contributed by atoms with Gasteiger partial charge < -0.3 is 10.6 Å². The minimum atomic E-state index is -0.0170. The molecule has 1 fully saturated rings. The highest BCUT2D eigenvalue weighted by atomic mass is 35.5. The third-order valence-corrected chi connectivity index (χ3v) is 5.01. The first-order valence-electron chi connectivity index (χ1n) is 8.00. The summed E-state index contributed by atoms with van der Waals surface area (Å²) in [6.45, 7) is 3.46. The molecule has 2 unspecified atom stereocenters. The van der Waals surface area contributed by atoms with Crippen molar-refractivity contribution in [3.05, 3.63) is 46.2 Å². The predicted molar refractivity (Wildman–Crippen MR) is 95.9 cm³/mol. The van der Waals surface area contributed by atoms with Gasteiger partial charge in [-0.1, -0.05) is 23.2 Å². The Morgan fingerprint density at radius 2 is 2.21 bits per heavy atom. The Kier molecular flexibility index (Phi) is 5.13. The number of piperidine rings is 1. The summed E-state index contributed by atoms with van der Waals surface area (Å²) < 4.78 is 1.60. The summed E-state index contributed by atoms with van der Waals surface area (Å²) in [4.78, 5) is 14.6. The molecule has 7 heteroatoms. The van der Waals surface area contributed by atoms with Crippen LogP contribution < -0.4 is 5.73 Å². The molecule has 0 saturated carbocycles. The van der Waals surface area contributed by atoms with E-state index in [1.54, 1.807) is 35.3 Å². The molecule has 0 spiro atoms. The van der Waals surface area contributed by atoms with Gasteiger partial charge in [-0.05, 0) is 43.9 Å². The van der Waals surface area contributed by atoms with E-state index in [-0.39, 0.29) is 11.9 Å². The van der Waals surface area contributed by atoms with Crippen LogP contribution in [0, 0.1) is 5.92 Å². The fourth-order valence-electron chi connectivity index (χ4n) is 3.04. The average molecular weight is 367 g/mol. The summed E-state index contributed by atoms with van der Waals surface area (Å²) >= 11 is 12.1. The van der Waals surface area contributed by atoms with Gasteiger partial charge in [-0.3, -0.25) is 4.79 Å². The van der Waals surface area contributed by atoms with E-state index < -0.39 is 0 Å². The summed E-state index contributed by atoms with van der Waals surface area (Å²) in [6, 6.07) is 5.26. The lowest BCUT2D eigenvalue weighted by atomic mass is 9.92. The minimum Gasteiger partial charge on any atom is -0.338 e. The second-order valence-corrected chi connectivity index (χ2v) is 7.13. The number of nitrogens with zero attached hydrogens (tertiary/aromatic N) is 3. The Balaban J connectivity index is 1.78. The van der Waals surface area contributed by atoms with Crippen molar-refractivity contribution in [3.8, 4) is 5.69 Å². The summed E-state index contributed by atoms with van der Waals surface area (Å²) in [5.41, 5.74) is 7.23. The Labute approximate surface area is 151 Å². The van der Waals surface area contributed by atoms with E-state index in [9.17, 15) is 4.79 Å². The number of benzene rings is 1. The first-order chi connectivity index (χ1) is 11.5. The van der Waals surface area contributed by atoms with Crippen LogP contribution >= 0.6 is 23.2 Å². The highest BCUT2D eigenvalue weighted by Crippen LogP contribution is 2.25. The Morgan fingerprint density at radius 3 is 2.92 bits per heavy atom. The van der Waals surface area contributed by atoms with Crippen molar-refractivity contribution in [1.82, 2.24) is 14.7 Å². The van der Waals surface area contributed by atoms with E-state index >= 15 is 0 Å². The SMILES string of the molecule is CC(N)C1CCCN(C(=O)c2cnn(-c3ccc(Cl)cc3Cl)c2)C1. The molecule has 5 nitrogen and oxygen atoms in total. The lowest BCUT2D eigenvalue weighted by Gasteiger charge is -2.34. The number of nitrogens with two attached hydrogens (primary N) is 1. The lowest BCUT2D eigenvalue weighted by Crippen LogP contribution is -2.45. The van der Waals surface area contributed by atoms with Gasteiger partial charge in [0, 0.05) is 30.4 Å². The maximum atomic E-state index is 12.7. The van der Waals surface area contributed by atoms with Crippen LogP contribution in [-0.2, 0) is 0 Å². The van der Waals surface area contributed by atoms with Crippen LogP contribution in [0.5, 0.6) is 0 Å². The Bertz CT molecular complexity index is 744. The van der Waals surface area contributed by atoms with Crippen LogP contribution in [0.25, 0.3) is 5.69 Å². The number of likely N-dealkylation sites (tertiary alicyclic amines) is 1. The van der Waals surface area contributed by atoms with Gasteiger partial charge in [0.25, 0.3) is 5.91 Å². The third kappa shape index (κ3) is 3.58. The van der Waals surface area contributed by atoms with Crippen molar-refractivity contribution in [1.29, 1.82) is 0 Å². The molecular formula is C17H20Cl2N4O. The number of carbonyl (C=O) groups excluding carboxylic acids is 1. The second kappa shape index (κ2) is 7.13. The summed E-state index contributed by atoms with van der Waals surface area (Å²) in [7, 11) is 0. The van der Waals surface area contributed by atoms with Gasteiger partial charge in [-0.2, -0.15) is 5.10 Å². The Hall–Kier alpha value is -1.56. The topological polar surface area (TPSA) is 64.2 Å². The lowest BCUT2D eigenvalue weighted by molar-refractivity contribution is 0.0661. The average Bonchev–Trinajstić information content (AvgIpc) is 3.04. The van der Waals surface area contributed by atoms with Gasteiger partial charge in [0.2, 0.25) is 0 Å². The molecule has 0 aliphatic carbocycles. The highest BCUT2D eigenvalue weighted by molar-refractivity contribution is 6.35. The maximum Gasteiger partial charge on any atom is 0.257 e. The molecule has 1 aliphatic rings. The van der Waals surface area contributed by atoms with Crippen LogP contribution in [0.15, 0.2) is 30.6 Å². The third-order valence-electron chi connectivity index (χ3n) is 4.47. The van der Waals surface area contributed by atoms with Crippen molar-refractivity contribution in [2.24, 2.45) is 11.7 Å². The summed E-state index contributed by atoms with van der Waals surface area (Å²) in [5, 5.41) is 5.31. The van der Waals surface area contributed by atoms with Crippen molar-refractivity contribution < 1.29 is 4.79 Å². The quantitative estimate of drug-likeness (QED) is 0.905. The van der Waals surface area contributed by atoms with E-state index in [1.807, 2.05) is 11.8 Å². The Morgan fingerprint density at radius 1 is 1.42 bits per heavy atom. The first-order valence-corrected chi connectivity index (χ1v) is 8.76. The zero-order valence-corrected chi connectivity index (χ0v) is 15.0. The number of halogens is 2. The molecule has 1 amide bonds. The number of amides is 1. The fourth-order valence-corrected chi connectivity index (χ4v) is 3.53. The monoisotopic (exact) mass is 366 g/mol. The number of aromatic nitrogens is 2. The molecule has 1 aromatic carbocycles. The normalized spacial score (nSPS) is 19.3. The molecule has 0 bridgehead atoms. The van der Waals surface area contributed by atoms with Crippen LogP contribution in [0.2, 0.25) is 10.0 Å². The largest absolute Gasteiger partial charge is 0.338 e. The summed E-state index contributed by atoms with van der Waals surface area (Å²) in [6.07, 6.45) is 5.33. The molecule has 2 N–H and O–H groups in total. The van der Waals surface area contributed by atoms with Gasteiger partial charge in [0.1, 0.15) is 0 Å². The van der Waals surface area contributed by atoms with Gasteiger partial charge in [0.05, 0.1) is 22.5 Å². The van der Waals surface area contributed by atoms with Crippen molar-refractivity contribution in [3.63, 3.8) is 0 Å². The van der Waals surface area contributed by atoms with Crippen molar-refractivity contribution in [2.75, 3.05) is 13.1 Å². The van der Waals surface area contributed by atoms with Crippen molar-refractivity contribution in [2.45, 2.75) is 25.8 Å². The fraction of sp³-hybridized carbons (Fsp3) is 0.412. The molecular weight excluding hydrogens is 347 g/mol. The molecule has 2 heterocycles. The van der Waals surface area contributed by atoms with E-state index in [4.69, 9.17) is 28.9 Å². The number of rotatable bonds is 3. The van der Waals surface area contributed by atoms with Crippen molar-refractivity contribution >= 4 is 29.1 Å². The predicted octanol–water partition coefficient (Wildman–Crippen LogP) is 3.38. The molecule has 2 aromatic rings. The van der Waals surface area contributed by atoms with Crippen LogP contribution in [0.3, 0.4) is 0 Å². The zero-order chi connectivity index (χ0) is 17.3. The molecule has 1 aliphatic heterocycles.